The third-order valence-corrected chi connectivity index (χ3v) is 2.54. The van der Waals surface area contributed by atoms with Crippen LogP contribution >= 0.6 is 0 Å². The molecule has 0 aliphatic rings. The van der Waals surface area contributed by atoms with Gasteiger partial charge in [0.15, 0.2) is 0 Å². The molecule has 1 heterocycles. The van der Waals surface area contributed by atoms with Gasteiger partial charge < -0.3 is 5.32 Å². The SMILES string of the molecule is C#CCCC(NCCC)c1ccnc(C)c1. The number of aromatic nitrogens is 1. The average molecular weight is 216 g/mol. The van der Waals surface area contributed by atoms with Gasteiger partial charge in [0, 0.05) is 24.4 Å². The second kappa shape index (κ2) is 7.03. The van der Waals surface area contributed by atoms with Crippen LogP contribution in [0.5, 0.6) is 0 Å². The molecule has 1 atom stereocenters. The monoisotopic (exact) mass is 216 g/mol. The molecule has 16 heavy (non-hydrogen) atoms. The maximum atomic E-state index is 5.32. The lowest BCUT2D eigenvalue weighted by atomic mass is 10.0. The molecule has 2 nitrogen and oxygen atoms in total. The van der Waals surface area contributed by atoms with E-state index in [9.17, 15) is 0 Å². The van der Waals surface area contributed by atoms with Gasteiger partial charge in [0.05, 0.1) is 0 Å². The van der Waals surface area contributed by atoms with Gasteiger partial charge in [0.2, 0.25) is 0 Å². The van der Waals surface area contributed by atoms with Gasteiger partial charge in [-0.2, -0.15) is 0 Å². The molecule has 0 fully saturated rings. The van der Waals surface area contributed by atoms with Gasteiger partial charge in [0.25, 0.3) is 0 Å². The summed E-state index contributed by atoms with van der Waals surface area (Å²) >= 11 is 0. The Morgan fingerprint density at radius 1 is 1.56 bits per heavy atom. The van der Waals surface area contributed by atoms with Gasteiger partial charge in [-0.1, -0.05) is 6.92 Å². The first-order valence-corrected chi connectivity index (χ1v) is 5.87. The van der Waals surface area contributed by atoms with E-state index in [1.165, 1.54) is 5.56 Å². The summed E-state index contributed by atoms with van der Waals surface area (Å²) < 4.78 is 0. The summed E-state index contributed by atoms with van der Waals surface area (Å²) in [5.41, 5.74) is 2.35. The van der Waals surface area contributed by atoms with Gasteiger partial charge in [-0.25, -0.2) is 0 Å². The van der Waals surface area contributed by atoms with Gasteiger partial charge in [-0.05, 0) is 44.0 Å². The number of terminal acetylenes is 1. The Hall–Kier alpha value is -1.33. The van der Waals surface area contributed by atoms with Crippen molar-refractivity contribution in [2.75, 3.05) is 6.54 Å². The van der Waals surface area contributed by atoms with Crippen LogP contribution in [0, 0.1) is 19.3 Å². The quantitative estimate of drug-likeness (QED) is 0.740. The summed E-state index contributed by atoms with van der Waals surface area (Å²) in [4.78, 5) is 4.21. The minimum atomic E-state index is 0.359. The fourth-order valence-corrected chi connectivity index (χ4v) is 1.72. The van der Waals surface area contributed by atoms with E-state index in [0.717, 1.165) is 31.5 Å². The van der Waals surface area contributed by atoms with E-state index >= 15 is 0 Å². The van der Waals surface area contributed by atoms with Gasteiger partial charge in [-0.15, -0.1) is 12.3 Å². The van der Waals surface area contributed by atoms with Crippen LogP contribution < -0.4 is 5.32 Å². The molecule has 1 aromatic heterocycles. The van der Waals surface area contributed by atoms with E-state index in [2.05, 4.69) is 35.3 Å². The summed E-state index contributed by atoms with van der Waals surface area (Å²) in [5.74, 6) is 2.70. The van der Waals surface area contributed by atoms with Crippen molar-refractivity contribution in [3.63, 3.8) is 0 Å². The van der Waals surface area contributed by atoms with E-state index in [1.807, 2.05) is 13.1 Å². The summed E-state index contributed by atoms with van der Waals surface area (Å²) in [6, 6.07) is 4.55. The molecule has 0 bridgehead atoms. The highest BCUT2D eigenvalue weighted by Crippen LogP contribution is 2.18. The highest BCUT2D eigenvalue weighted by Gasteiger charge is 2.09. The molecule has 0 aliphatic heterocycles. The maximum Gasteiger partial charge on any atom is 0.0375 e. The Morgan fingerprint density at radius 2 is 2.38 bits per heavy atom. The zero-order chi connectivity index (χ0) is 11.8. The number of pyridine rings is 1. The molecular formula is C14H20N2. The molecule has 0 radical (unpaired) electrons. The smallest absolute Gasteiger partial charge is 0.0375 e. The molecule has 0 amide bonds. The van der Waals surface area contributed by atoms with Gasteiger partial charge in [0.1, 0.15) is 0 Å². The highest BCUT2D eigenvalue weighted by atomic mass is 14.9. The van der Waals surface area contributed by atoms with Crippen molar-refractivity contribution in [2.45, 2.75) is 39.2 Å². The van der Waals surface area contributed by atoms with Crippen molar-refractivity contribution in [2.24, 2.45) is 0 Å². The van der Waals surface area contributed by atoms with Crippen molar-refractivity contribution in [3.8, 4) is 12.3 Å². The van der Waals surface area contributed by atoms with Crippen molar-refractivity contribution in [3.05, 3.63) is 29.6 Å². The molecule has 1 rings (SSSR count). The van der Waals surface area contributed by atoms with Crippen molar-refractivity contribution >= 4 is 0 Å². The number of nitrogens with one attached hydrogen (secondary N) is 1. The number of rotatable bonds is 6. The first-order chi connectivity index (χ1) is 7.77. The summed E-state index contributed by atoms with van der Waals surface area (Å²) in [6.45, 7) is 5.21. The number of hydrogen-bond acceptors (Lipinski definition) is 2. The topological polar surface area (TPSA) is 24.9 Å². The van der Waals surface area contributed by atoms with Gasteiger partial charge >= 0.3 is 0 Å². The third-order valence-electron chi connectivity index (χ3n) is 2.54. The van der Waals surface area contributed by atoms with Crippen LogP contribution in [0.1, 0.15) is 43.5 Å². The predicted molar refractivity (Wildman–Crippen MR) is 68.1 cm³/mol. The Balaban J connectivity index is 2.70. The molecule has 0 spiro atoms. The normalized spacial score (nSPS) is 12.1. The molecular weight excluding hydrogens is 196 g/mol. The number of hydrogen-bond donors (Lipinski definition) is 1. The summed E-state index contributed by atoms with van der Waals surface area (Å²) in [6.07, 6.45) is 10.1. The zero-order valence-electron chi connectivity index (χ0n) is 10.2. The largest absolute Gasteiger partial charge is 0.310 e. The van der Waals surface area contributed by atoms with Gasteiger partial charge in [-0.3, -0.25) is 4.98 Å². The highest BCUT2D eigenvalue weighted by molar-refractivity contribution is 5.19. The summed E-state index contributed by atoms with van der Waals surface area (Å²) in [5, 5.41) is 3.52. The Kier molecular flexibility index (Phi) is 5.60. The first-order valence-electron chi connectivity index (χ1n) is 5.87. The van der Waals surface area contributed by atoms with Crippen LogP contribution in [0.2, 0.25) is 0 Å². The summed E-state index contributed by atoms with van der Waals surface area (Å²) in [7, 11) is 0. The van der Waals surface area contributed by atoms with E-state index < -0.39 is 0 Å². The number of nitrogens with zero attached hydrogens (tertiary/aromatic N) is 1. The zero-order valence-corrected chi connectivity index (χ0v) is 10.2. The van der Waals surface area contributed by atoms with Crippen LogP contribution in [-0.4, -0.2) is 11.5 Å². The maximum absolute atomic E-state index is 5.32. The van der Waals surface area contributed by atoms with Crippen LogP contribution in [-0.2, 0) is 0 Å². The molecule has 86 valence electrons. The van der Waals surface area contributed by atoms with Crippen LogP contribution in [0.3, 0.4) is 0 Å². The van der Waals surface area contributed by atoms with Crippen LogP contribution in [0.15, 0.2) is 18.3 Å². The molecule has 0 saturated carbocycles. The molecule has 2 heteroatoms. The standard InChI is InChI=1S/C14H20N2/c1-4-6-7-14(16-9-5-2)13-8-10-15-12(3)11-13/h1,8,10-11,14,16H,5-7,9H2,2-3H3. The lowest BCUT2D eigenvalue weighted by Crippen LogP contribution is -2.22. The van der Waals surface area contributed by atoms with E-state index in [1.54, 1.807) is 0 Å². The first kappa shape index (κ1) is 12.7. The molecule has 0 aromatic carbocycles. The van der Waals surface area contributed by atoms with E-state index in [4.69, 9.17) is 6.42 Å². The Labute approximate surface area is 98.5 Å². The molecule has 0 aliphatic carbocycles. The lowest BCUT2D eigenvalue weighted by molar-refractivity contribution is 0.505. The second-order valence-corrected chi connectivity index (χ2v) is 3.98. The molecule has 0 saturated heterocycles. The third kappa shape index (κ3) is 4.04. The lowest BCUT2D eigenvalue weighted by Gasteiger charge is -2.18. The van der Waals surface area contributed by atoms with E-state index in [0.29, 0.717) is 6.04 Å². The fourth-order valence-electron chi connectivity index (χ4n) is 1.72. The Bertz CT molecular complexity index is 352. The van der Waals surface area contributed by atoms with Crippen LogP contribution in [0.25, 0.3) is 0 Å². The second-order valence-electron chi connectivity index (χ2n) is 3.98. The van der Waals surface area contributed by atoms with Crippen molar-refractivity contribution < 1.29 is 0 Å². The molecule has 1 N–H and O–H groups in total. The van der Waals surface area contributed by atoms with E-state index in [-0.39, 0.29) is 0 Å². The molecule has 1 aromatic rings. The minimum Gasteiger partial charge on any atom is -0.310 e. The Morgan fingerprint density at radius 3 is 3.00 bits per heavy atom. The van der Waals surface area contributed by atoms with Crippen molar-refractivity contribution in [1.29, 1.82) is 0 Å². The predicted octanol–water partition coefficient (Wildman–Crippen LogP) is 2.84. The van der Waals surface area contributed by atoms with Crippen LogP contribution in [0.4, 0.5) is 0 Å². The molecule has 1 unspecified atom stereocenters. The minimum absolute atomic E-state index is 0.359. The number of aryl methyl sites for hydroxylation is 1. The fraction of sp³-hybridized carbons (Fsp3) is 0.500. The van der Waals surface area contributed by atoms with Crippen molar-refractivity contribution in [1.82, 2.24) is 10.3 Å². The average Bonchev–Trinajstić information content (AvgIpc) is 2.29.